The Morgan fingerprint density at radius 1 is 1.18 bits per heavy atom. The van der Waals surface area contributed by atoms with Gasteiger partial charge in [-0.15, -0.1) is 11.3 Å². The highest BCUT2D eigenvalue weighted by Gasteiger charge is 2.15. The molecule has 0 aliphatic heterocycles. The number of nitrogens with one attached hydrogen (secondary N) is 1. The van der Waals surface area contributed by atoms with Gasteiger partial charge in [0.1, 0.15) is 0 Å². The molecule has 3 rings (SSSR count). The molecule has 0 bridgehead atoms. The molecule has 0 unspecified atom stereocenters. The number of aryl methyl sites for hydroxylation is 1. The van der Waals surface area contributed by atoms with E-state index in [0.29, 0.717) is 6.61 Å². The monoisotopic (exact) mass is 311 g/mol. The van der Waals surface area contributed by atoms with E-state index >= 15 is 0 Å². The largest absolute Gasteiger partial charge is 0.380 e. The molecule has 1 N–H and O–H groups in total. The minimum Gasteiger partial charge on any atom is -0.380 e. The van der Waals surface area contributed by atoms with E-state index in [4.69, 9.17) is 4.74 Å². The predicted octanol–water partition coefficient (Wildman–Crippen LogP) is 4.61. The third-order valence-corrected chi connectivity index (χ3v) is 4.82. The van der Waals surface area contributed by atoms with Crippen LogP contribution in [0.2, 0.25) is 0 Å². The van der Waals surface area contributed by atoms with Crippen LogP contribution in [-0.2, 0) is 11.3 Å². The van der Waals surface area contributed by atoms with Gasteiger partial charge < -0.3 is 10.1 Å². The van der Waals surface area contributed by atoms with Crippen LogP contribution in [0.1, 0.15) is 20.8 Å². The lowest BCUT2D eigenvalue weighted by molar-refractivity contribution is 0.103. The van der Waals surface area contributed by atoms with E-state index in [1.54, 1.807) is 7.11 Å². The van der Waals surface area contributed by atoms with Gasteiger partial charge in [-0.3, -0.25) is 4.79 Å². The predicted molar refractivity (Wildman–Crippen MR) is 91.7 cm³/mol. The first-order valence-electron chi connectivity index (χ1n) is 7.06. The zero-order valence-electron chi connectivity index (χ0n) is 12.6. The van der Waals surface area contributed by atoms with E-state index in [9.17, 15) is 4.79 Å². The van der Waals surface area contributed by atoms with Crippen molar-refractivity contribution in [1.29, 1.82) is 0 Å². The average Bonchev–Trinajstić information content (AvgIpc) is 2.86. The van der Waals surface area contributed by atoms with Gasteiger partial charge in [0, 0.05) is 17.5 Å². The lowest BCUT2D eigenvalue weighted by atomic mass is 10.1. The van der Waals surface area contributed by atoms with Gasteiger partial charge >= 0.3 is 0 Å². The van der Waals surface area contributed by atoms with Crippen LogP contribution in [0.3, 0.4) is 0 Å². The third-order valence-electron chi connectivity index (χ3n) is 3.55. The maximum Gasteiger partial charge on any atom is 0.266 e. The van der Waals surface area contributed by atoms with Crippen LogP contribution >= 0.6 is 11.3 Å². The highest BCUT2D eigenvalue weighted by atomic mass is 32.1. The van der Waals surface area contributed by atoms with Crippen molar-refractivity contribution in [3.8, 4) is 0 Å². The number of benzene rings is 2. The molecular weight excluding hydrogens is 294 g/mol. The van der Waals surface area contributed by atoms with Gasteiger partial charge in [-0.1, -0.05) is 30.3 Å². The van der Waals surface area contributed by atoms with Crippen molar-refractivity contribution in [1.82, 2.24) is 0 Å². The second-order valence-corrected chi connectivity index (χ2v) is 6.19. The first-order chi connectivity index (χ1) is 10.7. The summed E-state index contributed by atoms with van der Waals surface area (Å²) in [6, 6.07) is 15.8. The number of methoxy groups -OCH3 is 1. The lowest BCUT2D eigenvalue weighted by Gasteiger charge is -2.06. The average molecular weight is 311 g/mol. The molecule has 0 aliphatic rings. The summed E-state index contributed by atoms with van der Waals surface area (Å²) in [6.45, 7) is 2.53. The maximum absolute atomic E-state index is 12.5. The Labute approximate surface area is 133 Å². The molecule has 0 radical (unpaired) electrons. The van der Waals surface area contributed by atoms with Crippen LogP contribution in [0.15, 0.2) is 48.5 Å². The number of carbonyl (C=O) groups excluding carboxylic acids is 1. The quantitative estimate of drug-likeness (QED) is 0.764. The number of anilines is 1. The Morgan fingerprint density at radius 3 is 2.77 bits per heavy atom. The van der Waals surface area contributed by atoms with E-state index in [2.05, 4.69) is 11.4 Å². The first kappa shape index (κ1) is 14.8. The smallest absolute Gasteiger partial charge is 0.266 e. The van der Waals surface area contributed by atoms with Gasteiger partial charge in [0.05, 0.1) is 11.5 Å². The fourth-order valence-corrected chi connectivity index (χ4v) is 3.59. The number of rotatable bonds is 4. The van der Waals surface area contributed by atoms with Gasteiger partial charge in [0.25, 0.3) is 5.91 Å². The lowest BCUT2D eigenvalue weighted by Crippen LogP contribution is -2.11. The summed E-state index contributed by atoms with van der Waals surface area (Å²) in [7, 11) is 1.66. The molecule has 112 valence electrons. The molecule has 1 aromatic heterocycles. The summed E-state index contributed by atoms with van der Waals surface area (Å²) in [5.41, 5.74) is 2.86. The van der Waals surface area contributed by atoms with Gasteiger partial charge in [-0.25, -0.2) is 0 Å². The van der Waals surface area contributed by atoms with E-state index < -0.39 is 0 Å². The molecule has 0 fully saturated rings. The number of fused-ring (bicyclic) bond motifs is 1. The molecule has 0 spiro atoms. The molecule has 1 heterocycles. The summed E-state index contributed by atoms with van der Waals surface area (Å²) >= 11 is 1.53. The van der Waals surface area contributed by atoms with Crippen LogP contribution in [0.4, 0.5) is 5.69 Å². The van der Waals surface area contributed by atoms with Crippen molar-refractivity contribution in [3.05, 3.63) is 64.5 Å². The molecule has 0 saturated heterocycles. The van der Waals surface area contributed by atoms with Crippen LogP contribution < -0.4 is 5.32 Å². The van der Waals surface area contributed by atoms with Gasteiger partial charge in [0.15, 0.2) is 0 Å². The Kier molecular flexibility index (Phi) is 4.22. The molecule has 0 aliphatic carbocycles. The molecular formula is C18H17NO2S. The Balaban J connectivity index is 1.87. The van der Waals surface area contributed by atoms with Crippen molar-refractivity contribution >= 4 is 33.0 Å². The summed E-state index contributed by atoms with van der Waals surface area (Å²) in [4.78, 5) is 13.3. The van der Waals surface area contributed by atoms with E-state index in [1.165, 1.54) is 11.3 Å². The van der Waals surface area contributed by atoms with E-state index in [0.717, 1.165) is 31.8 Å². The SMILES string of the molecule is COCc1cccc(NC(=O)c2sc3ccccc3c2C)c1. The summed E-state index contributed by atoms with van der Waals surface area (Å²) in [6.07, 6.45) is 0. The second-order valence-electron chi connectivity index (χ2n) is 5.14. The molecule has 4 heteroatoms. The molecule has 2 aromatic carbocycles. The summed E-state index contributed by atoms with van der Waals surface area (Å²) in [5, 5.41) is 4.12. The standard InChI is InChI=1S/C18H17NO2S/c1-12-15-8-3-4-9-16(15)22-17(12)18(20)19-14-7-5-6-13(10-14)11-21-2/h3-10H,11H2,1-2H3,(H,19,20). The first-order valence-corrected chi connectivity index (χ1v) is 7.88. The van der Waals surface area contributed by atoms with Crippen molar-refractivity contribution in [2.45, 2.75) is 13.5 Å². The Hall–Kier alpha value is -2.17. The molecule has 1 amide bonds. The number of ether oxygens (including phenoxy) is 1. The van der Waals surface area contributed by atoms with Crippen molar-refractivity contribution in [2.24, 2.45) is 0 Å². The molecule has 3 nitrogen and oxygen atoms in total. The molecule has 0 saturated carbocycles. The van der Waals surface area contributed by atoms with Crippen LogP contribution in [-0.4, -0.2) is 13.0 Å². The third kappa shape index (κ3) is 2.89. The van der Waals surface area contributed by atoms with Gasteiger partial charge in [0.2, 0.25) is 0 Å². The second kappa shape index (κ2) is 6.30. The van der Waals surface area contributed by atoms with Crippen molar-refractivity contribution in [2.75, 3.05) is 12.4 Å². The number of amides is 1. The highest BCUT2D eigenvalue weighted by Crippen LogP contribution is 2.31. The number of carbonyl (C=O) groups is 1. The Bertz CT molecular complexity index is 823. The van der Waals surface area contributed by atoms with Crippen LogP contribution in [0.5, 0.6) is 0 Å². The maximum atomic E-state index is 12.5. The topological polar surface area (TPSA) is 38.3 Å². The van der Waals surface area contributed by atoms with Gasteiger partial charge in [-0.05, 0) is 41.6 Å². The Morgan fingerprint density at radius 2 is 2.00 bits per heavy atom. The van der Waals surface area contributed by atoms with Crippen LogP contribution in [0, 0.1) is 6.92 Å². The number of thiophene rings is 1. The van der Waals surface area contributed by atoms with E-state index in [-0.39, 0.29) is 5.91 Å². The fraction of sp³-hybridized carbons (Fsp3) is 0.167. The van der Waals surface area contributed by atoms with Crippen LogP contribution in [0.25, 0.3) is 10.1 Å². The zero-order valence-corrected chi connectivity index (χ0v) is 13.4. The fourth-order valence-electron chi connectivity index (χ4n) is 2.48. The molecule has 0 atom stereocenters. The zero-order chi connectivity index (χ0) is 15.5. The highest BCUT2D eigenvalue weighted by molar-refractivity contribution is 7.21. The minimum absolute atomic E-state index is 0.0618. The minimum atomic E-state index is -0.0618. The van der Waals surface area contributed by atoms with E-state index in [1.807, 2.05) is 49.4 Å². The molecule has 22 heavy (non-hydrogen) atoms. The number of hydrogen-bond acceptors (Lipinski definition) is 3. The summed E-state index contributed by atoms with van der Waals surface area (Å²) < 4.78 is 6.26. The number of hydrogen-bond donors (Lipinski definition) is 1. The molecule has 3 aromatic rings. The normalized spacial score (nSPS) is 10.8. The summed E-state index contributed by atoms with van der Waals surface area (Å²) in [5.74, 6) is -0.0618. The van der Waals surface area contributed by atoms with Crippen molar-refractivity contribution in [3.63, 3.8) is 0 Å². The van der Waals surface area contributed by atoms with Gasteiger partial charge in [-0.2, -0.15) is 0 Å². The van der Waals surface area contributed by atoms with Crippen molar-refractivity contribution < 1.29 is 9.53 Å².